The number of amides is 1. The first-order valence-electron chi connectivity index (χ1n) is 9.48. The second-order valence-corrected chi connectivity index (χ2v) is 7.13. The van der Waals surface area contributed by atoms with Crippen LogP contribution < -0.4 is 4.90 Å². The predicted octanol–water partition coefficient (Wildman–Crippen LogP) is 2.21. The average Bonchev–Trinajstić information content (AvgIpc) is 3.29. The van der Waals surface area contributed by atoms with E-state index in [-0.39, 0.29) is 11.5 Å². The molecule has 12 heteroatoms. The van der Waals surface area contributed by atoms with E-state index in [2.05, 4.69) is 14.9 Å². The number of halogens is 3. The van der Waals surface area contributed by atoms with Crippen LogP contribution in [0.5, 0.6) is 0 Å². The molecular formula is C19H21F3N4O5. The molecule has 2 aliphatic heterocycles. The van der Waals surface area contributed by atoms with E-state index in [9.17, 15) is 18.0 Å². The number of ether oxygens (including phenoxy) is 1. The van der Waals surface area contributed by atoms with Gasteiger partial charge in [0.05, 0.1) is 32.2 Å². The van der Waals surface area contributed by atoms with Crippen LogP contribution in [0.25, 0.3) is 0 Å². The number of nitrogens with zero attached hydrogens (tertiary/aromatic N) is 4. The van der Waals surface area contributed by atoms with Crippen molar-refractivity contribution in [3.63, 3.8) is 0 Å². The van der Waals surface area contributed by atoms with Gasteiger partial charge in [0, 0.05) is 25.5 Å². The van der Waals surface area contributed by atoms with Crippen molar-refractivity contribution in [1.29, 1.82) is 0 Å². The van der Waals surface area contributed by atoms with Gasteiger partial charge in [0.15, 0.2) is 5.76 Å². The molecule has 0 aromatic carbocycles. The first kappa shape index (κ1) is 22.5. The maximum Gasteiger partial charge on any atom is 0.490 e. The van der Waals surface area contributed by atoms with E-state index in [1.165, 1.54) is 6.26 Å². The van der Waals surface area contributed by atoms with Crippen molar-refractivity contribution in [2.24, 2.45) is 0 Å². The Morgan fingerprint density at radius 2 is 1.97 bits per heavy atom. The molecule has 1 amide bonds. The van der Waals surface area contributed by atoms with Gasteiger partial charge >= 0.3 is 12.1 Å². The smallest absolute Gasteiger partial charge is 0.475 e. The lowest BCUT2D eigenvalue weighted by Crippen LogP contribution is -2.61. The third kappa shape index (κ3) is 5.72. The highest BCUT2D eigenvalue weighted by Gasteiger charge is 2.42. The first-order chi connectivity index (χ1) is 14.7. The van der Waals surface area contributed by atoms with Gasteiger partial charge in [-0.1, -0.05) is 0 Å². The van der Waals surface area contributed by atoms with Crippen molar-refractivity contribution in [1.82, 2.24) is 14.9 Å². The molecular weight excluding hydrogens is 421 g/mol. The lowest BCUT2D eigenvalue weighted by molar-refractivity contribution is -0.192. The molecule has 0 bridgehead atoms. The molecule has 2 saturated heterocycles. The standard InChI is InChI=1S/C17H20N4O3.C2HF3O2/c22-16(14-3-1-9-23-14)21-8-10-24-17(13-21)4-2-7-20(12-17)15-11-18-5-6-19-15;3-2(4,5)1(6)7/h1,3,5-6,9,11H,2,4,7-8,10,12-13H2;(H,6,7). The Morgan fingerprint density at radius 1 is 1.19 bits per heavy atom. The fourth-order valence-corrected chi connectivity index (χ4v) is 3.57. The van der Waals surface area contributed by atoms with Gasteiger partial charge in [0.2, 0.25) is 0 Å². The van der Waals surface area contributed by atoms with Gasteiger partial charge in [-0.3, -0.25) is 9.78 Å². The van der Waals surface area contributed by atoms with Crippen LogP contribution in [0.4, 0.5) is 19.0 Å². The molecule has 4 rings (SSSR count). The van der Waals surface area contributed by atoms with E-state index in [0.717, 1.165) is 25.2 Å². The van der Waals surface area contributed by atoms with Gasteiger partial charge in [0.25, 0.3) is 5.91 Å². The zero-order chi connectivity index (χ0) is 22.5. The van der Waals surface area contributed by atoms with Gasteiger partial charge in [-0.25, -0.2) is 9.78 Å². The molecule has 9 nitrogen and oxygen atoms in total. The second-order valence-electron chi connectivity index (χ2n) is 7.13. The van der Waals surface area contributed by atoms with E-state index in [1.807, 2.05) is 4.90 Å². The number of aromatic nitrogens is 2. The summed E-state index contributed by atoms with van der Waals surface area (Å²) in [5.41, 5.74) is -0.351. The minimum absolute atomic E-state index is 0.0701. The summed E-state index contributed by atoms with van der Waals surface area (Å²) in [6, 6.07) is 3.44. The number of carboxylic acid groups (broad SMARTS) is 1. The third-order valence-electron chi connectivity index (χ3n) is 4.92. The lowest BCUT2D eigenvalue weighted by Gasteiger charge is -2.48. The maximum atomic E-state index is 12.6. The van der Waals surface area contributed by atoms with Crippen molar-refractivity contribution < 1.29 is 37.0 Å². The van der Waals surface area contributed by atoms with E-state index < -0.39 is 12.1 Å². The largest absolute Gasteiger partial charge is 0.490 e. The quantitative estimate of drug-likeness (QED) is 0.754. The SMILES string of the molecule is O=C(O)C(F)(F)F.O=C(c1ccco1)N1CCOC2(CCCN(c3cnccn3)C2)C1. The Morgan fingerprint density at radius 3 is 2.58 bits per heavy atom. The number of carbonyl (C=O) groups excluding carboxylic acids is 1. The van der Waals surface area contributed by atoms with Crippen LogP contribution in [0.1, 0.15) is 23.4 Å². The van der Waals surface area contributed by atoms with Gasteiger partial charge in [-0.15, -0.1) is 0 Å². The van der Waals surface area contributed by atoms with Gasteiger partial charge in [-0.05, 0) is 25.0 Å². The highest BCUT2D eigenvalue weighted by Crippen LogP contribution is 2.31. The Bertz CT molecular complexity index is 874. The minimum atomic E-state index is -5.08. The van der Waals surface area contributed by atoms with E-state index in [1.54, 1.807) is 30.7 Å². The maximum absolute atomic E-state index is 12.6. The molecule has 2 aliphatic rings. The highest BCUT2D eigenvalue weighted by molar-refractivity contribution is 5.91. The topological polar surface area (TPSA) is 109 Å². The monoisotopic (exact) mass is 442 g/mol. The van der Waals surface area contributed by atoms with E-state index in [4.69, 9.17) is 19.1 Å². The lowest BCUT2D eigenvalue weighted by atomic mass is 9.90. The minimum Gasteiger partial charge on any atom is -0.475 e. The molecule has 4 heterocycles. The molecule has 1 N–H and O–H groups in total. The molecule has 2 aromatic rings. The second kappa shape index (κ2) is 9.33. The number of piperidine rings is 1. The molecule has 168 valence electrons. The van der Waals surface area contributed by atoms with Gasteiger partial charge < -0.3 is 24.1 Å². The Kier molecular flexibility index (Phi) is 6.78. The molecule has 31 heavy (non-hydrogen) atoms. The molecule has 2 fully saturated rings. The van der Waals surface area contributed by atoms with Crippen LogP contribution >= 0.6 is 0 Å². The Hall–Kier alpha value is -3.15. The number of anilines is 1. The summed E-state index contributed by atoms with van der Waals surface area (Å²) in [7, 11) is 0. The average molecular weight is 442 g/mol. The number of morpholine rings is 1. The number of aliphatic carboxylic acids is 1. The number of hydrogen-bond acceptors (Lipinski definition) is 7. The summed E-state index contributed by atoms with van der Waals surface area (Å²) >= 11 is 0. The fourth-order valence-electron chi connectivity index (χ4n) is 3.57. The van der Waals surface area contributed by atoms with Crippen molar-refractivity contribution in [2.75, 3.05) is 37.7 Å². The summed E-state index contributed by atoms with van der Waals surface area (Å²) in [5, 5.41) is 7.12. The number of furan rings is 1. The summed E-state index contributed by atoms with van der Waals surface area (Å²) in [5.74, 6) is -1.59. The normalized spacial score (nSPS) is 21.4. The Labute approximate surface area is 175 Å². The first-order valence-corrected chi connectivity index (χ1v) is 9.48. The number of carbonyl (C=O) groups is 2. The summed E-state index contributed by atoms with van der Waals surface area (Å²) in [6.45, 7) is 3.35. The molecule has 1 unspecified atom stereocenters. The van der Waals surface area contributed by atoms with Crippen LogP contribution in [-0.2, 0) is 9.53 Å². The zero-order valence-corrected chi connectivity index (χ0v) is 16.4. The van der Waals surface area contributed by atoms with E-state index in [0.29, 0.717) is 32.0 Å². The van der Waals surface area contributed by atoms with Crippen LogP contribution in [0, 0.1) is 0 Å². The van der Waals surface area contributed by atoms with Crippen molar-refractivity contribution in [3.05, 3.63) is 42.7 Å². The van der Waals surface area contributed by atoms with Crippen LogP contribution in [-0.4, -0.2) is 76.4 Å². The van der Waals surface area contributed by atoms with Gasteiger partial charge in [0.1, 0.15) is 11.4 Å². The zero-order valence-electron chi connectivity index (χ0n) is 16.4. The van der Waals surface area contributed by atoms with Gasteiger partial charge in [-0.2, -0.15) is 13.2 Å². The number of carboxylic acids is 1. The summed E-state index contributed by atoms with van der Waals surface area (Å²) < 4.78 is 43.1. The molecule has 1 spiro atoms. The Balaban J connectivity index is 0.000000339. The fraction of sp³-hybridized carbons (Fsp3) is 0.474. The van der Waals surface area contributed by atoms with Crippen molar-refractivity contribution >= 4 is 17.7 Å². The molecule has 0 aliphatic carbocycles. The third-order valence-corrected chi connectivity index (χ3v) is 4.92. The number of hydrogen-bond donors (Lipinski definition) is 1. The predicted molar refractivity (Wildman–Crippen MR) is 100 cm³/mol. The van der Waals surface area contributed by atoms with Crippen molar-refractivity contribution in [2.45, 2.75) is 24.6 Å². The molecule has 0 saturated carbocycles. The summed E-state index contributed by atoms with van der Waals surface area (Å²) in [4.78, 5) is 34.0. The van der Waals surface area contributed by atoms with E-state index >= 15 is 0 Å². The molecule has 2 aromatic heterocycles. The van der Waals surface area contributed by atoms with Crippen LogP contribution in [0.3, 0.4) is 0 Å². The number of rotatable bonds is 2. The van der Waals surface area contributed by atoms with Crippen molar-refractivity contribution in [3.8, 4) is 0 Å². The summed E-state index contributed by atoms with van der Waals surface area (Å²) in [6.07, 6.45) is 3.52. The van der Waals surface area contributed by atoms with Crippen LogP contribution in [0.15, 0.2) is 41.4 Å². The number of alkyl halides is 3. The van der Waals surface area contributed by atoms with Crippen LogP contribution in [0.2, 0.25) is 0 Å². The molecule has 0 radical (unpaired) electrons. The molecule has 1 atom stereocenters. The highest BCUT2D eigenvalue weighted by atomic mass is 19.4.